The fraction of sp³-hybridized carbons (Fsp3) is 0.375. The molecule has 4 rings (SSSR count). The summed E-state index contributed by atoms with van der Waals surface area (Å²) in [6, 6.07) is 11.9. The van der Waals surface area contributed by atoms with E-state index in [1.54, 1.807) is 4.90 Å². The molecule has 1 amide bonds. The zero-order valence-corrected chi connectivity index (χ0v) is 21.3. The van der Waals surface area contributed by atoms with E-state index in [-0.39, 0.29) is 23.6 Å². The van der Waals surface area contributed by atoms with Gasteiger partial charge in [-0.2, -0.15) is 0 Å². The van der Waals surface area contributed by atoms with E-state index in [0.29, 0.717) is 29.4 Å². The summed E-state index contributed by atoms with van der Waals surface area (Å²) in [7, 11) is 0. The lowest BCUT2D eigenvalue weighted by atomic mass is 9.87. The van der Waals surface area contributed by atoms with Gasteiger partial charge >= 0.3 is 0 Å². The Morgan fingerprint density at radius 3 is 2.47 bits per heavy atom. The van der Waals surface area contributed by atoms with Gasteiger partial charge in [0.15, 0.2) is 0 Å². The molecule has 0 unspecified atom stereocenters. The maximum Gasteiger partial charge on any atom is 0.277 e. The lowest BCUT2D eigenvalue weighted by Crippen LogP contribution is -2.32. The summed E-state index contributed by atoms with van der Waals surface area (Å²) in [5.41, 5.74) is 2.16. The topological polar surface area (TPSA) is 98.2 Å². The summed E-state index contributed by atoms with van der Waals surface area (Å²) in [4.78, 5) is 15.5. The Hall–Kier alpha value is -2.98. The quantitative estimate of drug-likeness (QED) is 0.273. The van der Waals surface area contributed by atoms with Crippen LogP contribution in [0.25, 0.3) is 22.2 Å². The molecule has 0 spiro atoms. The normalized spacial score (nSPS) is 11.6. The molecule has 3 heterocycles. The minimum atomic E-state index is -0.0583. The second kappa shape index (κ2) is 10.5. The molecule has 4 aromatic rings. The Bertz CT molecular complexity index is 1210. The van der Waals surface area contributed by atoms with Gasteiger partial charge in [-0.15, -0.1) is 31.7 Å². The highest BCUT2D eigenvalue weighted by Gasteiger charge is 2.20. The van der Waals surface area contributed by atoms with Crippen LogP contribution in [-0.2, 0) is 16.8 Å². The smallest absolute Gasteiger partial charge is 0.277 e. The van der Waals surface area contributed by atoms with Crippen LogP contribution in [0.1, 0.15) is 45.6 Å². The zero-order chi connectivity index (χ0) is 24.1. The molecule has 10 heteroatoms. The van der Waals surface area contributed by atoms with E-state index in [2.05, 4.69) is 53.3 Å². The summed E-state index contributed by atoms with van der Waals surface area (Å²) in [6.45, 7) is 9.38. The molecular formula is C24H27N5O3S2. The molecule has 0 saturated carbocycles. The lowest BCUT2D eigenvalue weighted by molar-refractivity contribution is -0.129. The van der Waals surface area contributed by atoms with E-state index in [1.165, 1.54) is 28.7 Å². The van der Waals surface area contributed by atoms with E-state index < -0.39 is 0 Å². The number of carbonyl (C=O) groups excluding carboxylic acids is 1. The Morgan fingerprint density at radius 2 is 1.79 bits per heavy atom. The molecule has 178 valence electrons. The lowest BCUT2D eigenvalue weighted by Gasteiger charge is -2.19. The van der Waals surface area contributed by atoms with Crippen molar-refractivity contribution in [3.05, 3.63) is 53.2 Å². The number of amides is 1. The van der Waals surface area contributed by atoms with Crippen molar-refractivity contribution in [2.45, 2.75) is 51.3 Å². The number of thioether (sulfide) groups is 1. The molecule has 0 fully saturated rings. The summed E-state index contributed by atoms with van der Waals surface area (Å²) >= 11 is 2.75. The largest absolute Gasteiger partial charge is 0.418 e. The van der Waals surface area contributed by atoms with Gasteiger partial charge in [-0.3, -0.25) is 4.79 Å². The van der Waals surface area contributed by atoms with Gasteiger partial charge in [0.2, 0.25) is 17.7 Å². The molecule has 0 aliphatic carbocycles. The Labute approximate surface area is 206 Å². The average Bonchev–Trinajstić information content (AvgIpc) is 3.58. The van der Waals surface area contributed by atoms with Gasteiger partial charge in [0.25, 0.3) is 11.1 Å². The van der Waals surface area contributed by atoms with Crippen molar-refractivity contribution in [1.82, 2.24) is 25.3 Å². The van der Waals surface area contributed by atoms with Crippen LogP contribution in [0.4, 0.5) is 0 Å². The van der Waals surface area contributed by atoms with Crippen LogP contribution in [0.3, 0.4) is 0 Å². The van der Waals surface area contributed by atoms with Crippen molar-refractivity contribution in [3.63, 3.8) is 0 Å². The van der Waals surface area contributed by atoms with Crippen molar-refractivity contribution in [3.8, 4) is 22.2 Å². The standard InChI is InChI=1S/C24H27N5O3S2/c1-5-12-29(14-19-25-27-22(31-19)18-7-6-13-33-18)20(30)15-34-23-28-26-21(32-23)16-8-10-17(11-9-16)24(2,3)4/h6-11,13H,5,12,14-15H2,1-4H3. The number of rotatable bonds is 9. The third-order valence-corrected chi connectivity index (χ3v) is 6.76. The number of benzene rings is 1. The number of thiophene rings is 1. The van der Waals surface area contributed by atoms with Gasteiger partial charge < -0.3 is 13.7 Å². The molecule has 3 aromatic heterocycles. The molecule has 0 saturated heterocycles. The van der Waals surface area contributed by atoms with Crippen molar-refractivity contribution >= 4 is 29.0 Å². The molecule has 0 N–H and O–H groups in total. The van der Waals surface area contributed by atoms with Crippen molar-refractivity contribution < 1.29 is 13.6 Å². The SMILES string of the molecule is CCCN(Cc1nnc(-c2cccs2)o1)C(=O)CSc1nnc(-c2ccc(C(C)(C)C)cc2)o1. The Balaban J connectivity index is 1.36. The zero-order valence-electron chi connectivity index (χ0n) is 19.6. The molecule has 8 nitrogen and oxygen atoms in total. The molecule has 0 atom stereocenters. The van der Waals surface area contributed by atoms with E-state index in [4.69, 9.17) is 8.83 Å². The van der Waals surface area contributed by atoms with Crippen molar-refractivity contribution in [2.75, 3.05) is 12.3 Å². The third-order valence-electron chi connectivity index (χ3n) is 5.09. The van der Waals surface area contributed by atoms with Crippen molar-refractivity contribution in [1.29, 1.82) is 0 Å². The number of nitrogens with zero attached hydrogens (tertiary/aromatic N) is 5. The number of hydrogen-bond acceptors (Lipinski definition) is 9. The number of aromatic nitrogens is 4. The minimum absolute atomic E-state index is 0.0583. The van der Waals surface area contributed by atoms with Crippen LogP contribution in [0, 0.1) is 0 Å². The fourth-order valence-electron chi connectivity index (χ4n) is 3.25. The predicted molar refractivity (Wildman–Crippen MR) is 132 cm³/mol. The summed E-state index contributed by atoms with van der Waals surface area (Å²) in [5.74, 6) is 1.44. The molecule has 0 aliphatic heterocycles. The Morgan fingerprint density at radius 1 is 1.03 bits per heavy atom. The summed E-state index contributed by atoms with van der Waals surface area (Å²) in [5, 5.41) is 18.7. The third kappa shape index (κ3) is 5.92. The first-order valence-electron chi connectivity index (χ1n) is 11.0. The summed E-state index contributed by atoms with van der Waals surface area (Å²) < 4.78 is 11.5. The highest BCUT2D eigenvalue weighted by atomic mass is 32.2. The maximum atomic E-state index is 12.9. The first-order chi connectivity index (χ1) is 16.3. The first-order valence-corrected chi connectivity index (χ1v) is 12.9. The summed E-state index contributed by atoms with van der Waals surface area (Å²) in [6.07, 6.45) is 0.817. The molecule has 34 heavy (non-hydrogen) atoms. The molecule has 1 aromatic carbocycles. The van der Waals surface area contributed by atoms with Gasteiger partial charge in [0.1, 0.15) is 0 Å². The van der Waals surface area contributed by atoms with E-state index in [1.807, 2.05) is 36.6 Å². The second-order valence-electron chi connectivity index (χ2n) is 8.78. The highest BCUT2D eigenvalue weighted by molar-refractivity contribution is 7.99. The predicted octanol–water partition coefficient (Wildman–Crippen LogP) is 5.68. The maximum absolute atomic E-state index is 12.9. The molecule has 0 radical (unpaired) electrons. The first kappa shape index (κ1) is 24.2. The van der Waals surface area contributed by atoms with Gasteiger partial charge in [0, 0.05) is 12.1 Å². The number of carbonyl (C=O) groups is 1. The van der Waals surface area contributed by atoms with E-state index >= 15 is 0 Å². The minimum Gasteiger partial charge on any atom is -0.418 e. The number of hydrogen-bond donors (Lipinski definition) is 0. The fourth-order valence-corrected chi connectivity index (χ4v) is 4.56. The van der Waals surface area contributed by atoms with Gasteiger partial charge in [-0.05, 0) is 41.0 Å². The van der Waals surface area contributed by atoms with E-state index in [9.17, 15) is 4.79 Å². The average molecular weight is 498 g/mol. The van der Waals surface area contributed by atoms with Gasteiger partial charge in [0.05, 0.1) is 17.2 Å². The van der Waals surface area contributed by atoms with Crippen molar-refractivity contribution in [2.24, 2.45) is 0 Å². The van der Waals surface area contributed by atoms with E-state index in [0.717, 1.165) is 16.9 Å². The molecule has 0 bridgehead atoms. The molecular weight excluding hydrogens is 470 g/mol. The van der Waals surface area contributed by atoms with Gasteiger partial charge in [-0.1, -0.05) is 57.7 Å². The molecule has 0 aliphatic rings. The van der Waals surface area contributed by atoms with Gasteiger partial charge in [-0.25, -0.2) is 0 Å². The highest BCUT2D eigenvalue weighted by Crippen LogP contribution is 2.28. The Kier molecular flexibility index (Phi) is 7.47. The van der Waals surface area contributed by atoms with Crippen LogP contribution in [0.2, 0.25) is 0 Å². The monoisotopic (exact) mass is 497 g/mol. The van der Waals surface area contributed by atoms with Crippen LogP contribution >= 0.6 is 23.1 Å². The van der Waals surface area contributed by atoms with Crippen LogP contribution < -0.4 is 0 Å². The van der Waals surface area contributed by atoms with Crippen LogP contribution in [0.15, 0.2) is 55.8 Å². The van der Waals surface area contributed by atoms with Crippen LogP contribution in [0.5, 0.6) is 0 Å². The van der Waals surface area contributed by atoms with Crippen LogP contribution in [-0.4, -0.2) is 43.5 Å². The second-order valence-corrected chi connectivity index (χ2v) is 10.7.